The van der Waals surface area contributed by atoms with Gasteiger partial charge in [0, 0.05) is 12.8 Å². The monoisotopic (exact) mass is 812 g/mol. The second kappa shape index (κ2) is 39.3. The maximum Gasteiger partial charge on any atom is 0.472 e. The van der Waals surface area contributed by atoms with Crippen LogP contribution in [0, 0.1) is 0 Å². The molecular formula is C44H78NO10P. The Morgan fingerprint density at radius 3 is 1.48 bits per heavy atom. The van der Waals surface area contributed by atoms with E-state index in [4.69, 9.17) is 24.8 Å². The van der Waals surface area contributed by atoms with Gasteiger partial charge >= 0.3 is 25.7 Å². The van der Waals surface area contributed by atoms with Crippen LogP contribution in [0.25, 0.3) is 0 Å². The molecule has 0 saturated heterocycles. The Morgan fingerprint density at radius 2 is 0.964 bits per heavy atom. The number of esters is 2. The van der Waals surface area contributed by atoms with Crippen molar-refractivity contribution in [3.8, 4) is 0 Å². The summed E-state index contributed by atoms with van der Waals surface area (Å²) < 4.78 is 32.7. The van der Waals surface area contributed by atoms with Gasteiger partial charge in [-0.05, 0) is 70.6 Å². The highest BCUT2D eigenvalue weighted by atomic mass is 31.2. The van der Waals surface area contributed by atoms with Crippen LogP contribution in [-0.2, 0) is 37.5 Å². The van der Waals surface area contributed by atoms with Gasteiger partial charge in [-0.1, -0.05) is 146 Å². The van der Waals surface area contributed by atoms with E-state index >= 15 is 0 Å². The number of allylic oxidation sites excluding steroid dienone is 8. The predicted molar refractivity (Wildman–Crippen MR) is 226 cm³/mol. The summed E-state index contributed by atoms with van der Waals surface area (Å²) in [5, 5.41) is 8.88. The van der Waals surface area contributed by atoms with Gasteiger partial charge in [0.1, 0.15) is 12.6 Å². The average Bonchev–Trinajstić information content (AvgIpc) is 3.17. The summed E-state index contributed by atoms with van der Waals surface area (Å²) in [7, 11) is -4.72. The van der Waals surface area contributed by atoms with E-state index in [0.29, 0.717) is 12.8 Å². The molecule has 0 aliphatic rings. The smallest absolute Gasteiger partial charge is 0.472 e. The molecule has 3 atom stereocenters. The number of carboxylic acid groups (broad SMARTS) is 1. The third kappa shape index (κ3) is 38.3. The number of ether oxygens (including phenoxy) is 2. The zero-order valence-corrected chi connectivity index (χ0v) is 35.9. The summed E-state index contributed by atoms with van der Waals surface area (Å²) in [6.07, 6.45) is 43.1. The number of phosphoric acid groups is 1. The summed E-state index contributed by atoms with van der Waals surface area (Å²) in [6.45, 7) is 2.72. The van der Waals surface area contributed by atoms with Gasteiger partial charge in [0.25, 0.3) is 0 Å². The number of hydrogen-bond acceptors (Lipinski definition) is 9. The van der Waals surface area contributed by atoms with Crippen LogP contribution in [0.4, 0.5) is 0 Å². The number of carbonyl (C=O) groups excluding carboxylic acids is 2. The first-order valence-corrected chi connectivity index (χ1v) is 23.2. The summed E-state index contributed by atoms with van der Waals surface area (Å²) in [6, 6.07) is -1.53. The molecule has 0 radical (unpaired) electrons. The van der Waals surface area contributed by atoms with Crippen molar-refractivity contribution in [3.63, 3.8) is 0 Å². The Bertz CT molecular complexity index is 1140. The first kappa shape index (κ1) is 53.4. The first-order valence-electron chi connectivity index (χ1n) is 21.7. The Kier molecular flexibility index (Phi) is 37.5. The SMILES string of the molecule is CCCC/C=C/CCCCCCCCCCCC(=O)OC[C@H](COP(=O)(O)OC[C@H](N)C(=O)O)OC(=O)CCCCCC/C=C/C/C=C/C/C=C/CCCCC. The lowest BCUT2D eigenvalue weighted by Crippen LogP contribution is -2.34. The van der Waals surface area contributed by atoms with Crippen molar-refractivity contribution in [1.82, 2.24) is 0 Å². The molecule has 0 amide bonds. The van der Waals surface area contributed by atoms with Crippen LogP contribution in [0.5, 0.6) is 0 Å². The average molecular weight is 812 g/mol. The third-order valence-electron chi connectivity index (χ3n) is 9.05. The fraction of sp³-hybridized carbons (Fsp3) is 0.750. The Morgan fingerprint density at radius 1 is 0.554 bits per heavy atom. The van der Waals surface area contributed by atoms with Crippen LogP contribution >= 0.6 is 7.82 Å². The zero-order chi connectivity index (χ0) is 41.4. The largest absolute Gasteiger partial charge is 0.480 e. The molecule has 56 heavy (non-hydrogen) atoms. The van der Waals surface area contributed by atoms with Gasteiger partial charge in [0.05, 0.1) is 13.2 Å². The van der Waals surface area contributed by atoms with Crippen molar-refractivity contribution in [2.45, 2.75) is 193 Å². The van der Waals surface area contributed by atoms with E-state index in [-0.39, 0.29) is 19.4 Å². The maximum atomic E-state index is 12.6. The van der Waals surface area contributed by atoms with Gasteiger partial charge in [0.2, 0.25) is 0 Å². The van der Waals surface area contributed by atoms with E-state index in [0.717, 1.165) is 64.2 Å². The van der Waals surface area contributed by atoms with Crippen LogP contribution in [-0.4, -0.2) is 59.9 Å². The highest BCUT2D eigenvalue weighted by Crippen LogP contribution is 2.43. The molecule has 0 rings (SSSR count). The molecule has 324 valence electrons. The van der Waals surface area contributed by atoms with E-state index in [9.17, 15) is 23.8 Å². The summed E-state index contributed by atoms with van der Waals surface area (Å²) >= 11 is 0. The second-order valence-corrected chi connectivity index (χ2v) is 15.9. The van der Waals surface area contributed by atoms with Crippen molar-refractivity contribution in [3.05, 3.63) is 48.6 Å². The molecule has 11 nitrogen and oxygen atoms in total. The highest BCUT2D eigenvalue weighted by Gasteiger charge is 2.28. The molecule has 0 aromatic rings. The molecule has 0 spiro atoms. The van der Waals surface area contributed by atoms with Gasteiger partial charge < -0.3 is 25.2 Å². The van der Waals surface area contributed by atoms with Gasteiger partial charge in [-0.15, -0.1) is 0 Å². The number of rotatable bonds is 40. The van der Waals surface area contributed by atoms with Gasteiger partial charge in [-0.25, -0.2) is 4.57 Å². The topological polar surface area (TPSA) is 172 Å². The predicted octanol–water partition coefficient (Wildman–Crippen LogP) is 11.4. The lowest BCUT2D eigenvalue weighted by atomic mass is 10.1. The fourth-order valence-electron chi connectivity index (χ4n) is 5.58. The first-order chi connectivity index (χ1) is 27.1. The Balaban J connectivity index is 4.42. The summed E-state index contributed by atoms with van der Waals surface area (Å²) in [5.41, 5.74) is 5.33. The zero-order valence-electron chi connectivity index (χ0n) is 35.0. The standard InChI is InChI=1S/C44H78NO10P/c1-3-5-7-9-11-13-15-17-19-20-22-24-26-28-30-32-34-36-43(47)55-40(38-53-56(50,51)54-39-41(45)44(48)49)37-52-42(46)35-33-31-29-27-25-23-21-18-16-14-12-10-8-6-4-2/h10-13,17,19,22,24,40-41H,3-9,14-16,18,20-21,23,25-39,45H2,1-2H3,(H,48,49)(H,50,51)/b12-10+,13-11+,19-17+,24-22+/t40-,41+/m1/s1. The number of aliphatic carboxylic acids is 1. The number of carboxylic acids is 1. The molecule has 12 heteroatoms. The van der Waals surface area contributed by atoms with Crippen molar-refractivity contribution in [2.75, 3.05) is 19.8 Å². The summed E-state index contributed by atoms with van der Waals surface area (Å²) in [5.74, 6) is -2.41. The molecule has 1 unspecified atom stereocenters. The van der Waals surface area contributed by atoms with Crippen molar-refractivity contribution in [2.24, 2.45) is 5.73 Å². The van der Waals surface area contributed by atoms with E-state index in [1.54, 1.807) is 0 Å². The molecule has 4 N–H and O–H groups in total. The molecule has 0 bridgehead atoms. The minimum Gasteiger partial charge on any atom is -0.480 e. The van der Waals surface area contributed by atoms with Gasteiger partial charge in [0.15, 0.2) is 6.10 Å². The van der Waals surface area contributed by atoms with E-state index in [2.05, 4.69) is 67.0 Å². The van der Waals surface area contributed by atoms with E-state index in [1.165, 1.54) is 77.0 Å². The number of phosphoric ester groups is 1. The molecular weight excluding hydrogens is 733 g/mol. The third-order valence-corrected chi connectivity index (χ3v) is 10.0. The van der Waals surface area contributed by atoms with Crippen molar-refractivity contribution < 1.29 is 47.5 Å². The van der Waals surface area contributed by atoms with Crippen LogP contribution in [0.3, 0.4) is 0 Å². The molecule has 0 aromatic carbocycles. The van der Waals surface area contributed by atoms with Crippen molar-refractivity contribution in [1.29, 1.82) is 0 Å². The second-order valence-electron chi connectivity index (χ2n) is 14.5. The maximum absolute atomic E-state index is 12.6. The van der Waals surface area contributed by atoms with Crippen molar-refractivity contribution >= 4 is 25.7 Å². The lowest BCUT2D eigenvalue weighted by Gasteiger charge is -2.20. The number of carbonyl (C=O) groups is 3. The van der Waals surface area contributed by atoms with Crippen LogP contribution in [0.1, 0.15) is 181 Å². The van der Waals surface area contributed by atoms with Crippen LogP contribution < -0.4 is 5.73 Å². The molecule has 0 heterocycles. The molecule has 0 aliphatic carbocycles. The quantitative estimate of drug-likeness (QED) is 0.0233. The fourth-order valence-corrected chi connectivity index (χ4v) is 6.36. The number of hydrogen-bond donors (Lipinski definition) is 3. The van der Waals surface area contributed by atoms with Gasteiger partial charge in [-0.2, -0.15) is 0 Å². The minimum absolute atomic E-state index is 0.134. The lowest BCUT2D eigenvalue weighted by molar-refractivity contribution is -0.161. The Hall–Kier alpha value is -2.56. The molecule has 0 fully saturated rings. The molecule has 0 aliphatic heterocycles. The normalized spacial score (nSPS) is 14.2. The number of nitrogens with two attached hydrogens (primary N) is 1. The highest BCUT2D eigenvalue weighted by molar-refractivity contribution is 7.47. The number of unbranched alkanes of at least 4 members (excludes halogenated alkanes) is 18. The molecule has 0 saturated carbocycles. The Labute approximate surface area is 339 Å². The van der Waals surface area contributed by atoms with E-state index < -0.39 is 51.1 Å². The van der Waals surface area contributed by atoms with Crippen LogP contribution in [0.15, 0.2) is 48.6 Å². The van der Waals surface area contributed by atoms with Gasteiger partial charge in [-0.3, -0.25) is 23.4 Å². The molecule has 0 aromatic heterocycles. The summed E-state index contributed by atoms with van der Waals surface area (Å²) in [4.78, 5) is 45.9. The van der Waals surface area contributed by atoms with Crippen LogP contribution in [0.2, 0.25) is 0 Å². The minimum atomic E-state index is -4.72. The van der Waals surface area contributed by atoms with E-state index in [1.807, 2.05) is 0 Å².